The average molecular weight is 301 g/mol. The van der Waals surface area contributed by atoms with Gasteiger partial charge in [0, 0.05) is 12.1 Å². The first kappa shape index (κ1) is 15.6. The van der Waals surface area contributed by atoms with Crippen LogP contribution >= 0.6 is 0 Å². The van der Waals surface area contributed by atoms with Crippen LogP contribution in [0.4, 0.5) is 10.1 Å². The first-order valence-corrected chi connectivity index (χ1v) is 6.59. The predicted molar refractivity (Wildman–Crippen MR) is 83.6 cm³/mol. The summed E-state index contributed by atoms with van der Waals surface area (Å²) in [5, 5.41) is 2.71. The SMILES string of the molecule is COc1ccc(OC)c(NC(=O)/C=C/c2ccc(F)cc2)c1. The molecule has 0 unspecified atom stereocenters. The summed E-state index contributed by atoms with van der Waals surface area (Å²) in [6, 6.07) is 11.0. The molecule has 1 amide bonds. The van der Waals surface area contributed by atoms with Crippen molar-refractivity contribution in [2.75, 3.05) is 19.5 Å². The summed E-state index contributed by atoms with van der Waals surface area (Å²) in [7, 11) is 3.06. The molecule has 22 heavy (non-hydrogen) atoms. The van der Waals surface area contributed by atoms with Gasteiger partial charge in [-0.25, -0.2) is 4.39 Å². The fraction of sp³-hybridized carbons (Fsp3) is 0.118. The summed E-state index contributed by atoms with van der Waals surface area (Å²) >= 11 is 0. The summed E-state index contributed by atoms with van der Waals surface area (Å²) in [5.74, 6) is 0.501. The van der Waals surface area contributed by atoms with Crippen LogP contribution in [-0.2, 0) is 4.79 Å². The minimum atomic E-state index is -0.323. The number of carbonyl (C=O) groups excluding carboxylic acids is 1. The predicted octanol–water partition coefficient (Wildman–Crippen LogP) is 3.49. The fourth-order valence-corrected chi connectivity index (χ4v) is 1.83. The molecule has 4 nitrogen and oxygen atoms in total. The number of ether oxygens (including phenoxy) is 2. The van der Waals surface area contributed by atoms with Gasteiger partial charge in [-0.1, -0.05) is 12.1 Å². The van der Waals surface area contributed by atoms with Crippen LogP contribution in [0, 0.1) is 5.82 Å². The van der Waals surface area contributed by atoms with E-state index >= 15 is 0 Å². The second-order valence-electron chi connectivity index (χ2n) is 4.44. The Bertz CT molecular complexity index is 681. The standard InChI is InChI=1S/C17H16FNO3/c1-21-14-8-9-16(22-2)15(11-14)19-17(20)10-5-12-3-6-13(18)7-4-12/h3-11H,1-2H3,(H,19,20)/b10-5+. The molecule has 2 aromatic rings. The number of nitrogens with one attached hydrogen (secondary N) is 1. The van der Waals surface area contributed by atoms with Crippen LogP contribution in [0.25, 0.3) is 6.08 Å². The highest BCUT2D eigenvalue weighted by Crippen LogP contribution is 2.28. The maximum absolute atomic E-state index is 12.8. The molecule has 0 radical (unpaired) electrons. The second-order valence-corrected chi connectivity index (χ2v) is 4.44. The number of anilines is 1. The zero-order valence-corrected chi connectivity index (χ0v) is 12.3. The van der Waals surface area contributed by atoms with E-state index in [0.29, 0.717) is 17.2 Å². The Morgan fingerprint density at radius 1 is 1.09 bits per heavy atom. The topological polar surface area (TPSA) is 47.6 Å². The molecule has 0 spiro atoms. The summed E-state index contributed by atoms with van der Waals surface area (Å²) in [5.41, 5.74) is 1.24. The van der Waals surface area contributed by atoms with Gasteiger partial charge in [-0.15, -0.1) is 0 Å². The minimum absolute atomic E-state index is 0.317. The third-order valence-corrected chi connectivity index (χ3v) is 2.96. The van der Waals surface area contributed by atoms with Crippen molar-refractivity contribution in [1.29, 1.82) is 0 Å². The molecule has 0 fully saturated rings. The molecule has 5 heteroatoms. The number of amides is 1. The Labute approximate surface area is 128 Å². The molecule has 0 aliphatic carbocycles. The van der Waals surface area contributed by atoms with Gasteiger partial charge in [-0.05, 0) is 35.9 Å². The molecular weight excluding hydrogens is 285 g/mol. The monoisotopic (exact) mass is 301 g/mol. The quantitative estimate of drug-likeness (QED) is 0.860. The lowest BCUT2D eigenvalue weighted by Crippen LogP contribution is -2.09. The van der Waals surface area contributed by atoms with Gasteiger partial charge in [0.2, 0.25) is 5.91 Å². The zero-order chi connectivity index (χ0) is 15.9. The number of methoxy groups -OCH3 is 2. The van der Waals surface area contributed by atoms with E-state index in [1.807, 2.05) is 0 Å². The minimum Gasteiger partial charge on any atom is -0.497 e. The van der Waals surface area contributed by atoms with Crippen LogP contribution in [0.1, 0.15) is 5.56 Å². The molecule has 0 aromatic heterocycles. The molecular formula is C17H16FNO3. The molecule has 114 valence electrons. The highest BCUT2D eigenvalue weighted by Gasteiger charge is 2.07. The van der Waals surface area contributed by atoms with Crippen molar-refractivity contribution in [3.8, 4) is 11.5 Å². The van der Waals surface area contributed by atoms with E-state index in [2.05, 4.69) is 5.32 Å². The lowest BCUT2D eigenvalue weighted by Gasteiger charge is -2.10. The van der Waals surface area contributed by atoms with Crippen molar-refractivity contribution >= 4 is 17.7 Å². The van der Waals surface area contributed by atoms with Gasteiger partial charge in [-0.3, -0.25) is 4.79 Å². The summed E-state index contributed by atoms with van der Waals surface area (Å²) in [6.07, 6.45) is 2.97. The van der Waals surface area contributed by atoms with E-state index in [4.69, 9.17) is 9.47 Å². The van der Waals surface area contributed by atoms with Gasteiger partial charge < -0.3 is 14.8 Å². The van der Waals surface area contributed by atoms with Crippen molar-refractivity contribution in [1.82, 2.24) is 0 Å². The van der Waals surface area contributed by atoms with Gasteiger partial charge >= 0.3 is 0 Å². The summed E-state index contributed by atoms with van der Waals surface area (Å²) < 4.78 is 23.1. The Kier molecular flexibility index (Phi) is 5.14. The van der Waals surface area contributed by atoms with Crippen LogP contribution in [0.5, 0.6) is 11.5 Å². The molecule has 2 aromatic carbocycles. The number of halogens is 1. The maximum atomic E-state index is 12.8. The lowest BCUT2D eigenvalue weighted by atomic mass is 10.2. The Morgan fingerprint density at radius 3 is 2.45 bits per heavy atom. The van der Waals surface area contributed by atoms with Crippen molar-refractivity contribution < 1.29 is 18.7 Å². The fourth-order valence-electron chi connectivity index (χ4n) is 1.83. The third kappa shape index (κ3) is 4.09. The lowest BCUT2D eigenvalue weighted by molar-refractivity contribution is -0.111. The van der Waals surface area contributed by atoms with E-state index in [1.54, 1.807) is 43.5 Å². The van der Waals surface area contributed by atoms with Crippen molar-refractivity contribution in [3.63, 3.8) is 0 Å². The molecule has 1 N–H and O–H groups in total. The Hall–Kier alpha value is -2.82. The molecule has 0 bridgehead atoms. The molecule has 2 rings (SSSR count). The van der Waals surface area contributed by atoms with Crippen LogP contribution in [-0.4, -0.2) is 20.1 Å². The molecule has 0 heterocycles. The largest absolute Gasteiger partial charge is 0.497 e. The maximum Gasteiger partial charge on any atom is 0.248 e. The molecule has 0 aliphatic heterocycles. The van der Waals surface area contributed by atoms with Crippen LogP contribution < -0.4 is 14.8 Å². The number of rotatable bonds is 5. The van der Waals surface area contributed by atoms with E-state index in [9.17, 15) is 9.18 Å². The summed E-state index contributed by atoms with van der Waals surface area (Å²) in [4.78, 5) is 12.0. The first-order chi connectivity index (χ1) is 10.6. The van der Waals surface area contributed by atoms with E-state index < -0.39 is 0 Å². The van der Waals surface area contributed by atoms with Crippen LogP contribution in [0.15, 0.2) is 48.5 Å². The number of carbonyl (C=O) groups is 1. The summed E-state index contributed by atoms with van der Waals surface area (Å²) in [6.45, 7) is 0. The number of hydrogen-bond acceptors (Lipinski definition) is 3. The molecule has 0 saturated heterocycles. The third-order valence-electron chi connectivity index (χ3n) is 2.96. The van der Waals surface area contributed by atoms with Gasteiger partial charge in [0.15, 0.2) is 0 Å². The smallest absolute Gasteiger partial charge is 0.248 e. The highest BCUT2D eigenvalue weighted by atomic mass is 19.1. The first-order valence-electron chi connectivity index (χ1n) is 6.59. The van der Waals surface area contributed by atoms with Crippen molar-refractivity contribution in [2.24, 2.45) is 0 Å². The zero-order valence-electron chi connectivity index (χ0n) is 12.3. The van der Waals surface area contributed by atoms with Gasteiger partial charge in [0.25, 0.3) is 0 Å². The van der Waals surface area contributed by atoms with Gasteiger partial charge in [-0.2, -0.15) is 0 Å². The van der Waals surface area contributed by atoms with Crippen molar-refractivity contribution in [3.05, 3.63) is 59.9 Å². The van der Waals surface area contributed by atoms with E-state index in [0.717, 1.165) is 5.56 Å². The molecule has 0 saturated carbocycles. The molecule has 0 aliphatic rings. The van der Waals surface area contributed by atoms with Crippen molar-refractivity contribution in [2.45, 2.75) is 0 Å². The van der Waals surface area contributed by atoms with Gasteiger partial charge in [0.1, 0.15) is 17.3 Å². The Morgan fingerprint density at radius 2 is 1.82 bits per heavy atom. The second kappa shape index (κ2) is 7.26. The van der Waals surface area contributed by atoms with E-state index in [-0.39, 0.29) is 11.7 Å². The van der Waals surface area contributed by atoms with Crippen LogP contribution in [0.3, 0.4) is 0 Å². The number of hydrogen-bond donors (Lipinski definition) is 1. The average Bonchev–Trinajstić information content (AvgIpc) is 2.54. The number of benzene rings is 2. The van der Waals surface area contributed by atoms with E-state index in [1.165, 1.54) is 25.3 Å². The normalized spacial score (nSPS) is 10.5. The molecule has 0 atom stereocenters. The Balaban J connectivity index is 2.09. The highest BCUT2D eigenvalue weighted by molar-refractivity contribution is 6.02. The van der Waals surface area contributed by atoms with Gasteiger partial charge in [0.05, 0.1) is 19.9 Å². The van der Waals surface area contributed by atoms with Crippen LogP contribution in [0.2, 0.25) is 0 Å².